The van der Waals surface area contributed by atoms with Crippen molar-refractivity contribution in [1.82, 2.24) is 4.57 Å². The number of para-hydroxylation sites is 1. The Morgan fingerprint density at radius 2 is 1.90 bits per heavy atom. The Bertz CT molecular complexity index is 1090. The molecule has 0 spiro atoms. The van der Waals surface area contributed by atoms with Crippen LogP contribution in [0.5, 0.6) is 11.5 Å². The smallest absolute Gasteiger partial charge is 0.340 e. The molecule has 7 nitrogen and oxygen atoms in total. The maximum Gasteiger partial charge on any atom is 0.340 e. The number of methoxy groups -OCH3 is 1. The lowest BCUT2D eigenvalue weighted by Gasteiger charge is -2.13. The topological polar surface area (TPSA) is 78.8 Å². The first kappa shape index (κ1) is 19.1. The van der Waals surface area contributed by atoms with Crippen LogP contribution in [0.3, 0.4) is 0 Å². The fraction of sp³-hybridized carbons (Fsp3) is 0.238. The van der Waals surface area contributed by atoms with Crippen LogP contribution in [-0.4, -0.2) is 36.8 Å². The van der Waals surface area contributed by atoms with Crippen LogP contribution in [0.15, 0.2) is 42.6 Å². The van der Waals surface area contributed by atoms with Gasteiger partial charge in [-0.25, -0.2) is 4.79 Å². The number of halogens is 1. The van der Waals surface area contributed by atoms with E-state index in [4.69, 9.17) is 25.8 Å². The van der Waals surface area contributed by atoms with E-state index in [0.717, 1.165) is 17.3 Å². The van der Waals surface area contributed by atoms with Crippen molar-refractivity contribution in [2.75, 3.05) is 25.6 Å². The Kier molecular flexibility index (Phi) is 5.31. The predicted molar refractivity (Wildman–Crippen MR) is 109 cm³/mol. The van der Waals surface area contributed by atoms with Gasteiger partial charge >= 0.3 is 5.97 Å². The van der Waals surface area contributed by atoms with Gasteiger partial charge < -0.3 is 24.1 Å². The summed E-state index contributed by atoms with van der Waals surface area (Å²) in [6.07, 6.45) is 2.39. The van der Waals surface area contributed by atoms with Crippen molar-refractivity contribution < 1.29 is 23.8 Å². The lowest BCUT2D eigenvalue weighted by molar-refractivity contribution is -0.116. The van der Waals surface area contributed by atoms with Gasteiger partial charge in [0.1, 0.15) is 6.54 Å². The quantitative estimate of drug-likeness (QED) is 0.655. The van der Waals surface area contributed by atoms with Crippen molar-refractivity contribution in [2.45, 2.75) is 13.0 Å². The largest absolute Gasteiger partial charge is 0.490 e. The Morgan fingerprint density at radius 3 is 2.66 bits per heavy atom. The van der Waals surface area contributed by atoms with E-state index in [1.165, 1.54) is 7.11 Å². The molecule has 2 heterocycles. The number of nitrogens with zero attached hydrogens (tertiary/aromatic N) is 1. The van der Waals surface area contributed by atoms with E-state index in [1.807, 2.05) is 24.3 Å². The number of hydrogen-bond acceptors (Lipinski definition) is 5. The first-order valence-electron chi connectivity index (χ1n) is 9.12. The highest BCUT2D eigenvalue weighted by atomic mass is 35.5. The Hall–Kier alpha value is -3.19. The molecule has 0 bridgehead atoms. The minimum Gasteiger partial charge on any atom is -0.490 e. The number of nitrogens with one attached hydrogen (secondary N) is 1. The molecular formula is C21H19ClN2O5. The number of fused-ring (bicyclic) bond motifs is 2. The number of aromatic nitrogens is 1. The van der Waals surface area contributed by atoms with Gasteiger partial charge in [0.2, 0.25) is 5.91 Å². The van der Waals surface area contributed by atoms with E-state index in [1.54, 1.807) is 22.9 Å². The zero-order valence-corrected chi connectivity index (χ0v) is 16.5. The number of hydrogen-bond donors (Lipinski definition) is 1. The number of rotatable bonds is 4. The molecule has 29 heavy (non-hydrogen) atoms. The molecule has 0 radical (unpaired) electrons. The summed E-state index contributed by atoms with van der Waals surface area (Å²) in [5.41, 5.74) is 1.60. The number of esters is 1. The minimum absolute atomic E-state index is 0.00226. The molecule has 1 aliphatic rings. The van der Waals surface area contributed by atoms with E-state index in [2.05, 4.69) is 5.32 Å². The van der Waals surface area contributed by atoms with Crippen LogP contribution in [0.25, 0.3) is 10.9 Å². The highest BCUT2D eigenvalue weighted by Crippen LogP contribution is 2.37. The zero-order valence-electron chi connectivity index (χ0n) is 15.7. The van der Waals surface area contributed by atoms with Gasteiger partial charge in [0, 0.05) is 35.7 Å². The van der Waals surface area contributed by atoms with Gasteiger partial charge in [0.15, 0.2) is 11.5 Å². The highest BCUT2D eigenvalue weighted by Gasteiger charge is 2.18. The molecule has 1 N–H and O–H groups in total. The first-order valence-corrected chi connectivity index (χ1v) is 9.50. The second-order valence-corrected chi connectivity index (χ2v) is 6.96. The summed E-state index contributed by atoms with van der Waals surface area (Å²) in [6, 6.07) is 10.6. The third kappa shape index (κ3) is 3.86. The molecule has 0 saturated carbocycles. The van der Waals surface area contributed by atoms with Crippen LogP contribution in [0.2, 0.25) is 5.02 Å². The molecule has 1 aromatic heterocycles. The van der Waals surface area contributed by atoms with Gasteiger partial charge in [-0.1, -0.05) is 29.8 Å². The van der Waals surface area contributed by atoms with Gasteiger partial charge in [-0.2, -0.15) is 0 Å². The van der Waals surface area contributed by atoms with Crippen LogP contribution in [0.1, 0.15) is 16.8 Å². The summed E-state index contributed by atoms with van der Waals surface area (Å²) in [5.74, 6) is 0.357. The summed E-state index contributed by atoms with van der Waals surface area (Å²) in [5, 5.41) is 3.88. The number of benzene rings is 2. The molecule has 0 fully saturated rings. The molecular weight excluding hydrogens is 396 g/mol. The van der Waals surface area contributed by atoms with Crippen molar-refractivity contribution in [3.05, 3.63) is 53.2 Å². The summed E-state index contributed by atoms with van der Waals surface area (Å²) in [6.45, 7) is 1.09. The van der Waals surface area contributed by atoms with Crippen molar-refractivity contribution in [2.24, 2.45) is 0 Å². The van der Waals surface area contributed by atoms with Crippen LogP contribution < -0.4 is 14.8 Å². The number of carbonyl (C=O) groups is 2. The van der Waals surface area contributed by atoms with Gasteiger partial charge in [0.05, 0.1) is 36.6 Å². The Balaban J connectivity index is 1.58. The molecule has 2 aromatic carbocycles. The predicted octanol–water partition coefficient (Wildman–Crippen LogP) is 3.88. The van der Waals surface area contributed by atoms with E-state index < -0.39 is 5.97 Å². The maximum atomic E-state index is 12.7. The molecule has 8 heteroatoms. The molecule has 0 unspecified atom stereocenters. The van der Waals surface area contributed by atoms with E-state index in [0.29, 0.717) is 41.0 Å². The lowest BCUT2D eigenvalue weighted by atomic mass is 10.2. The summed E-state index contributed by atoms with van der Waals surface area (Å²) >= 11 is 6.30. The van der Waals surface area contributed by atoms with Crippen molar-refractivity contribution in [3.8, 4) is 11.5 Å². The second-order valence-electron chi connectivity index (χ2n) is 6.56. The monoisotopic (exact) mass is 414 g/mol. The summed E-state index contributed by atoms with van der Waals surface area (Å²) in [4.78, 5) is 24.7. The zero-order chi connectivity index (χ0) is 20.4. The fourth-order valence-corrected chi connectivity index (χ4v) is 3.48. The SMILES string of the molecule is COC(=O)c1cn(CC(=O)Nc2cc3c(cc2Cl)OCCCO3)c2ccccc12. The normalized spacial score (nSPS) is 13.0. The van der Waals surface area contributed by atoms with E-state index in [-0.39, 0.29) is 12.5 Å². The molecule has 1 amide bonds. The summed E-state index contributed by atoms with van der Waals surface area (Å²) in [7, 11) is 1.33. The third-order valence-corrected chi connectivity index (χ3v) is 4.93. The number of amides is 1. The number of carbonyl (C=O) groups excluding carboxylic acids is 2. The molecule has 0 aliphatic carbocycles. The molecule has 0 atom stereocenters. The van der Waals surface area contributed by atoms with Crippen LogP contribution in [0.4, 0.5) is 5.69 Å². The van der Waals surface area contributed by atoms with Crippen molar-refractivity contribution in [3.63, 3.8) is 0 Å². The average Bonchev–Trinajstić information content (AvgIpc) is 2.92. The molecule has 150 valence electrons. The van der Waals surface area contributed by atoms with E-state index in [9.17, 15) is 9.59 Å². The fourth-order valence-electron chi connectivity index (χ4n) is 3.27. The lowest BCUT2D eigenvalue weighted by Crippen LogP contribution is -2.18. The van der Waals surface area contributed by atoms with Crippen LogP contribution >= 0.6 is 11.6 Å². The average molecular weight is 415 g/mol. The number of anilines is 1. The van der Waals surface area contributed by atoms with Crippen molar-refractivity contribution in [1.29, 1.82) is 0 Å². The Morgan fingerprint density at radius 1 is 1.17 bits per heavy atom. The minimum atomic E-state index is -0.452. The Labute approximate surface area is 172 Å². The van der Waals surface area contributed by atoms with E-state index >= 15 is 0 Å². The highest BCUT2D eigenvalue weighted by molar-refractivity contribution is 6.34. The number of ether oxygens (including phenoxy) is 3. The van der Waals surface area contributed by atoms with Crippen LogP contribution in [0, 0.1) is 0 Å². The second kappa shape index (κ2) is 8.05. The van der Waals surface area contributed by atoms with Gasteiger partial charge in [-0.15, -0.1) is 0 Å². The van der Waals surface area contributed by atoms with Gasteiger partial charge in [-0.05, 0) is 6.07 Å². The molecule has 0 saturated heterocycles. The van der Waals surface area contributed by atoms with Crippen LogP contribution in [-0.2, 0) is 16.1 Å². The maximum absolute atomic E-state index is 12.7. The molecule has 4 rings (SSSR count). The van der Waals surface area contributed by atoms with Gasteiger partial charge in [-0.3, -0.25) is 4.79 Å². The first-order chi connectivity index (χ1) is 14.1. The molecule has 1 aliphatic heterocycles. The van der Waals surface area contributed by atoms with Crippen molar-refractivity contribution >= 4 is 40.1 Å². The molecule has 3 aromatic rings. The standard InChI is InChI=1S/C21H19ClN2O5/c1-27-21(26)14-11-24(17-6-3-2-5-13(14)17)12-20(25)23-16-10-19-18(9-15(16)22)28-7-4-8-29-19/h2-3,5-6,9-11H,4,7-8,12H2,1H3,(H,23,25). The third-order valence-electron chi connectivity index (χ3n) is 4.62. The summed E-state index contributed by atoms with van der Waals surface area (Å²) < 4.78 is 17.8. The van der Waals surface area contributed by atoms with Gasteiger partial charge in [0.25, 0.3) is 0 Å².